The van der Waals surface area contributed by atoms with Gasteiger partial charge in [-0.1, -0.05) is 0 Å². The summed E-state index contributed by atoms with van der Waals surface area (Å²) in [6.07, 6.45) is -14.7. The van der Waals surface area contributed by atoms with Gasteiger partial charge in [0.15, 0.2) is 0 Å². The molecular weight excluding hydrogens is 526 g/mol. The zero-order valence-electron chi connectivity index (χ0n) is 14.5. The minimum Gasteiger partial charge on any atom is -0.192 e. The van der Waals surface area contributed by atoms with Crippen molar-refractivity contribution in [2.75, 3.05) is 14.1 Å². The molecule has 21 heteroatoms. The van der Waals surface area contributed by atoms with Gasteiger partial charge in [-0.05, 0) is 0 Å². The number of nitrogens with zero attached hydrogens (tertiary/aromatic N) is 1. The molecule has 32 heavy (non-hydrogen) atoms. The fraction of sp³-hybridized carbons (Fsp3) is 1.00. The Bertz CT molecular complexity index is 633. The maximum Gasteiger partial charge on any atom is 0.565 e. The van der Waals surface area contributed by atoms with Crippen LogP contribution in [0.5, 0.6) is 0 Å². The third-order valence-electron chi connectivity index (χ3n) is 4.04. The molecule has 0 N–H and O–H groups in total. The van der Waals surface area contributed by atoms with Crippen LogP contribution in [0, 0.1) is 0 Å². The topological polar surface area (TPSA) is 0 Å². The van der Waals surface area contributed by atoms with Crippen LogP contribution in [0.2, 0.25) is 0 Å². The average molecular weight is 532 g/mol. The minimum absolute atomic E-state index is 1.10. The van der Waals surface area contributed by atoms with E-state index in [0.717, 1.165) is 0 Å². The van der Waals surface area contributed by atoms with Crippen LogP contribution in [0.25, 0.3) is 0 Å². The molecule has 0 heterocycles. The van der Waals surface area contributed by atoms with Crippen molar-refractivity contribution in [3.05, 3.63) is 0 Å². The maximum absolute atomic E-state index is 13.5. The maximum atomic E-state index is 13.5. The van der Waals surface area contributed by atoms with Gasteiger partial charge in [0.1, 0.15) is 0 Å². The molecule has 0 aliphatic heterocycles. The first-order valence-electron chi connectivity index (χ1n) is 6.87. The fourth-order valence-electron chi connectivity index (χ4n) is 1.67. The molecular formula is C11H6F20N+. The molecule has 0 rings (SSSR count). The van der Waals surface area contributed by atoms with E-state index in [9.17, 15) is 87.8 Å². The van der Waals surface area contributed by atoms with Crippen LogP contribution in [-0.4, -0.2) is 72.6 Å². The van der Waals surface area contributed by atoms with Crippen LogP contribution in [0.3, 0.4) is 0 Å². The summed E-state index contributed by atoms with van der Waals surface area (Å²) in [6, 6.07) is -7.61. The summed E-state index contributed by atoms with van der Waals surface area (Å²) in [5, 5.41) is 0. The summed E-state index contributed by atoms with van der Waals surface area (Å²) in [7, 11) is -2.21. The smallest absolute Gasteiger partial charge is 0.192 e. The van der Waals surface area contributed by atoms with Crippen molar-refractivity contribution in [3.8, 4) is 0 Å². The van der Waals surface area contributed by atoms with Crippen LogP contribution in [0.15, 0.2) is 0 Å². The van der Waals surface area contributed by atoms with Gasteiger partial charge < -0.3 is 0 Å². The van der Waals surface area contributed by atoms with Crippen molar-refractivity contribution in [2.24, 2.45) is 0 Å². The molecule has 0 saturated carbocycles. The molecule has 0 unspecified atom stereocenters. The Hall–Kier alpha value is -1.44. The highest BCUT2D eigenvalue weighted by atomic mass is 19.4. The van der Waals surface area contributed by atoms with Crippen molar-refractivity contribution < 1.29 is 92.3 Å². The van der Waals surface area contributed by atoms with Crippen LogP contribution < -0.4 is 0 Å². The number of rotatable bonds is 7. The van der Waals surface area contributed by atoms with E-state index >= 15 is 0 Å². The van der Waals surface area contributed by atoms with E-state index in [-0.39, 0.29) is 0 Å². The van der Waals surface area contributed by atoms with Gasteiger partial charge in [0.2, 0.25) is 0 Å². The Kier molecular flexibility index (Phi) is 6.71. The average Bonchev–Trinajstić information content (AvgIpc) is 2.51. The lowest BCUT2D eigenvalue weighted by Gasteiger charge is -2.45. The molecule has 0 aliphatic rings. The predicted octanol–water partition coefficient (Wildman–Crippen LogP) is 6.55. The highest BCUT2D eigenvalue weighted by molar-refractivity contribution is 5.14. The first-order chi connectivity index (χ1) is 13.2. The normalized spacial score (nSPS) is 17.1. The highest BCUT2D eigenvalue weighted by Crippen LogP contribution is 2.65. The Balaban J connectivity index is 7.00. The SMILES string of the molecule is C[N+](C)(C(F)(F)F)C(F)(F)C(F)(F)C(F)(F)C(F)(F)C(F)(F)C(F)(F)C(F)(F)C(F)(F)F. The number of quaternary nitrogens is 1. The van der Waals surface area contributed by atoms with Crippen LogP contribution >= 0.6 is 0 Å². The van der Waals surface area contributed by atoms with Crippen LogP contribution in [-0.2, 0) is 0 Å². The van der Waals surface area contributed by atoms with Gasteiger partial charge in [0, 0.05) is 0 Å². The second-order valence-electron chi connectivity index (χ2n) is 6.41. The molecule has 194 valence electrons. The van der Waals surface area contributed by atoms with Crippen LogP contribution in [0.4, 0.5) is 87.8 Å². The zero-order chi connectivity index (χ0) is 27.0. The summed E-state index contributed by atoms with van der Waals surface area (Å²) in [6.45, 7) is 0. The summed E-state index contributed by atoms with van der Waals surface area (Å²) in [4.78, 5) is 0. The molecule has 0 radical (unpaired) electrons. The van der Waals surface area contributed by atoms with Gasteiger partial charge in [-0.3, -0.25) is 0 Å². The Morgan fingerprint density at radius 3 is 0.781 bits per heavy atom. The van der Waals surface area contributed by atoms with Gasteiger partial charge in [-0.15, -0.1) is 22.0 Å². The quantitative estimate of drug-likeness (QED) is 0.198. The number of alkyl halides is 20. The Morgan fingerprint density at radius 1 is 0.344 bits per heavy atom. The van der Waals surface area contributed by atoms with E-state index in [1.807, 2.05) is 0 Å². The molecule has 1 nitrogen and oxygen atoms in total. The van der Waals surface area contributed by atoms with Gasteiger partial charge >= 0.3 is 54.1 Å². The van der Waals surface area contributed by atoms with E-state index < -0.39 is 72.6 Å². The van der Waals surface area contributed by atoms with E-state index in [0.29, 0.717) is 0 Å². The first kappa shape index (κ1) is 30.6. The molecule has 0 spiro atoms. The van der Waals surface area contributed by atoms with E-state index in [4.69, 9.17) is 0 Å². The molecule has 0 aromatic heterocycles. The standard InChI is InChI=1S/C11H6F20N/c1-32(2,11(29,30)31)10(27,28)8(22,23)6(18,19)4(14,15)3(12,13)5(16,17)7(20,21)9(24,25)26/h1-2H3/q+1. The largest absolute Gasteiger partial charge is 0.565 e. The van der Waals surface area contributed by atoms with Crippen molar-refractivity contribution in [1.29, 1.82) is 0 Å². The summed E-state index contributed by atoms with van der Waals surface area (Å²) in [5.74, 6) is -52.0. The van der Waals surface area contributed by atoms with Crippen molar-refractivity contribution in [1.82, 2.24) is 0 Å². The Morgan fingerprint density at radius 2 is 0.562 bits per heavy atom. The molecule has 0 atom stereocenters. The molecule has 0 saturated heterocycles. The van der Waals surface area contributed by atoms with Gasteiger partial charge in [-0.25, -0.2) is 0 Å². The van der Waals surface area contributed by atoms with Gasteiger partial charge in [0.05, 0.1) is 14.1 Å². The third-order valence-corrected chi connectivity index (χ3v) is 4.04. The number of hydrogen-bond donors (Lipinski definition) is 0. The van der Waals surface area contributed by atoms with Crippen molar-refractivity contribution in [3.63, 3.8) is 0 Å². The molecule has 0 amide bonds. The molecule has 0 fully saturated rings. The molecule has 0 aromatic carbocycles. The second kappa shape index (κ2) is 7.03. The van der Waals surface area contributed by atoms with Crippen LogP contribution in [0.1, 0.15) is 0 Å². The van der Waals surface area contributed by atoms with Gasteiger partial charge in [0.25, 0.3) is 0 Å². The summed E-state index contributed by atoms with van der Waals surface area (Å²) >= 11 is 0. The first-order valence-corrected chi connectivity index (χ1v) is 6.87. The highest BCUT2D eigenvalue weighted by Gasteiger charge is 2.97. The lowest BCUT2D eigenvalue weighted by molar-refractivity contribution is -1.07. The third kappa shape index (κ3) is 3.43. The van der Waals surface area contributed by atoms with E-state index in [1.165, 1.54) is 0 Å². The summed E-state index contributed by atoms with van der Waals surface area (Å²) < 4.78 is 253. The zero-order valence-corrected chi connectivity index (χ0v) is 14.5. The predicted molar refractivity (Wildman–Crippen MR) is 58.8 cm³/mol. The van der Waals surface area contributed by atoms with Crippen molar-refractivity contribution >= 4 is 0 Å². The Labute approximate surface area is 162 Å². The minimum atomic E-state index is -8.92. The van der Waals surface area contributed by atoms with E-state index in [1.54, 1.807) is 0 Å². The molecule has 0 aliphatic carbocycles. The lowest BCUT2D eigenvalue weighted by Crippen LogP contribution is -2.78. The molecule has 0 aromatic rings. The monoisotopic (exact) mass is 532 g/mol. The number of hydrogen-bond acceptors (Lipinski definition) is 0. The second-order valence-corrected chi connectivity index (χ2v) is 6.41. The van der Waals surface area contributed by atoms with Crippen molar-refractivity contribution in [2.45, 2.75) is 54.1 Å². The van der Waals surface area contributed by atoms with E-state index in [2.05, 4.69) is 0 Å². The summed E-state index contributed by atoms with van der Waals surface area (Å²) in [5.41, 5.74) is 0. The molecule has 0 bridgehead atoms. The number of halogens is 20. The van der Waals surface area contributed by atoms with Gasteiger partial charge in [-0.2, -0.15) is 70.3 Å². The lowest BCUT2D eigenvalue weighted by atomic mass is 9.90. The fourth-order valence-corrected chi connectivity index (χ4v) is 1.67.